The summed E-state index contributed by atoms with van der Waals surface area (Å²) in [7, 11) is 0. The van der Waals surface area contributed by atoms with Crippen LogP contribution < -0.4 is 4.74 Å². The first-order valence-electron chi connectivity index (χ1n) is 5.93. The lowest BCUT2D eigenvalue weighted by Gasteiger charge is -2.29. The standard InChI is InChI=1S/C15H13FO2/c16-11-7-5-10(6-8-11)15-9-13(17)12-3-1-2-4-14(12)18-15/h1-8,13,15,17H,9H2/t13-,15?/m0/s1. The van der Waals surface area contributed by atoms with Gasteiger partial charge in [0.25, 0.3) is 0 Å². The third-order valence-electron chi connectivity index (χ3n) is 3.23. The molecule has 3 rings (SSSR count). The molecule has 0 spiro atoms. The Morgan fingerprint density at radius 3 is 2.56 bits per heavy atom. The van der Waals surface area contributed by atoms with E-state index in [-0.39, 0.29) is 11.9 Å². The van der Waals surface area contributed by atoms with Crippen LogP contribution in [0.1, 0.15) is 29.8 Å². The van der Waals surface area contributed by atoms with Gasteiger partial charge in [-0.3, -0.25) is 0 Å². The lowest BCUT2D eigenvalue weighted by Crippen LogP contribution is -2.18. The van der Waals surface area contributed by atoms with E-state index in [9.17, 15) is 9.50 Å². The first-order chi connectivity index (χ1) is 8.74. The number of hydrogen-bond acceptors (Lipinski definition) is 2. The van der Waals surface area contributed by atoms with Gasteiger partial charge in [-0.1, -0.05) is 30.3 Å². The average Bonchev–Trinajstić information content (AvgIpc) is 2.39. The molecule has 1 aliphatic rings. The van der Waals surface area contributed by atoms with Gasteiger partial charge in [0.1, 0.15) is 17.7 Å². The van der Waals surface area contributed by atoms with Crippen LogP contribution >= 0.6 is 0 Å². The van der Waals surface area contributed by atoms with E-state index in [0.717, 1.165) is 11.1 Å². The highest BCUT2D eigenvalue weighted by Gasteiger charge is 2.27. The molecule has 0 fully saturated rings. The number of hydrogen-bond donors (Lipinski definition) is 1. The summed E-state index contributed by atoms with van der Waals surface area (Å²) in [6, 6.07) is 13.7. The van der Waals surface area contributed by atoms with E-state index in [4.69, 9.17) is 4.74 Å². The molecule has 0 bridgehead atoms. The van der Waals surface area contributed by atoms with Gasteiger partial charge in [-0.25, -0.2) is 4.39 Å². The quantitative estimate of drug-likeness (QED) is 0.833. The van der Waals surface area contributed by atoms with Crippen LogP contribution in [-0.4, -0.2) is 5.11 Å². The maximum atomic E-state index is 12.9. The zero-order valence-corrected chi connectivity index (χ0v) is 9.71. The fourth-order valence-corrected chi connectivity index (χ4v) is 2.28. The molecule has 0 saturated heterocycles. The summed E-state index contributed by atoms with van der Waals surface area (Å²) in [5.74, 6) is 0.432. The molecule has 2 aromatic rings. The van der Waals surface area contributed by atoms with Crippen molar-refractivity contribution in [1.29, 1.82) is 0 Å². The number of halogens is 1. The topological polar surface area (TPSA) is 29.5 Å². The molecular weight excluding hydrogens is 231 g/mol. The highest BCUT2D eigenvalue weighted by atomic mass is 19.1. The van der Waals surface area contributed by atoms with Crippen molar-refractivity contribution in [2.24, 2.45) is 0 Å². The van der Waals surface area contributed by atoms with Gasteiger partial charge in [-0.2, -0.15) is 0 Å². The first kappa shape index (κ1) is 11.2. The van der Waals surface area contributed by atoms with E-state index in [2.05, 4.69) is 0 Å². The van der Waals surface area contributed by atoms with Crippen LogP contribution in [0.15, 0.2) is 48.5 Å². The molecule has 18 heavy (non-hydrogen) atoms. The van der Waals surface area contributed by atoms with Gasteiger partial charge < -0.3 is 9.84 Å². The summed E-state index contributed by atoms with van der Waals surface area (Å²) in [6.45, 7) is 0. The van der Waals surface area contributed by atoms with Crippen molar-refractivity contribution >= 4 is 0 Å². The van der Waals surface area contributed by atoms with E-state index in [0.29, 0.717) is 12.2 Å². The number of rotatable bonds is 1. The summed E-state index contributed by atoms with van der Waals surface area (Å²) in [5, 5.41) is 10.1. The summed E-state index contributed by atoms with van der Waals surface area (Å²) in [5.41, 5.74) is 1.70. The fraction of sp³-hybridized carbons (Fsp3) is 0.200. The molecule has 2 atom stereocenters. The number of fused-ring (bicyclic) bond motifs is 1. The molecule has 92 valence electrons. The fourth-order valence-electron chi connectivity index (χ4n) is 2.28. The molecule has 0 radical (unpaired) electrons. The van der Waals surface area contributed by atoms with Gasteiger partial charge in [-0.05, 0) is 23.8 Å². The lowest BCUT2D eigenvalue weighted by atomic mass is 9.95. The van der Waals surface area contributed by atoms with Gasteiger partial charge in [0.15, 0.2) is 0 Å². The van der Waals surface area contributed by atoms with Crippen LogP contribution in [0.3, 0.4) is 0 Å². The van der Waals surface area contributed by atoms with Crippen LogP contribution in [0.4, 0.5) is 4.39 Å². The molecule has 3 heteroatoms. The van der Waals surface area contributed by atoms with Gasteiger partial charge in [-0.15, -0.1) is 0 Å². The van der Waals surface area contributed by atoms with Crippen LogP contribution in [-0.2, 0) is 0 Å². The molecule has 2 aromatic carbocycles. The predicted octanol–water partition coefficient (Wildman–Crippen LogP) is 3.38. The first-order valence-corrected chi connectivity index (χ1v) is 5.93. The highest BCUT2D eigenvalue weighted by molar-refractivity contribution is 5.38. The van der Waals surface area contributed by atoms with Gasteiger partial charge in [0.05, 0.1) is 6.10 Å². The van der Waals surface area contributed by atoms with Crippen LogP contribution in [0.2, 0.25) is 0 Å². The Bertz CT molecular complexity index is 551. The minimum absolute atomic E-state index is 0.226. The largest absolute Gasteiger partial charge is 0.485 e. The Labute approximate surface area is 105 Å². The van der Waals surface area contributed by atoms with E-state index >= 15 is 0 Å². The second kappa shape index (κ2) is 4.42. The van der Waals surface area contributed by atoms with Crippen LogP contribution in [0.25, 0.3) is 0 Å². The molecule has 0 amide bonds. The Morgan fingerprint density at radius 2 is 1.78 bits per heavy atom. The molecular formula is C15H13FO2. The number of ether oxygens (including phenoxy) is 1. The zero-order valence-electron chi connectivity index (χ0n) is 9.71. The van der Waals surface area contributed by atoms with E-state index in [1.54, 1.807) is 12.1 Å². The van der Waals surface area contributed by atoms with Gasteiger partial charge in [0.2, 0.25) is 0 Å². The molecule has 1 heterocycles. The van der Waals surface area contributed by atoms with E-state index in [1.807, 2.05) is 24.3 Å². The Balaban J connectivity index is 1.92. The van der Waals surface area contributed by atoms with E-state index < -0.39 is 6.10 Å². The molecule has 1 unspecified atom stereocenters. The zero-order chi connectivity index (χ0) is 12.5. The molecule has 0 saturated carbocycles. The Kier molecular flexibility index (Phi) is 2.76. The molecule has 2 nitrogen and oxygen atoms in total. The molecule has 1 aliphatic heterocycles. The minimum Gasteiger partial charge on any atom is -0.485 e. The number of benzene rings is 2. The normalized spacial score (nSPS) is 22.1. The van der Waals surface area contributed by atoms with Crippen molar-refractivity contribution in [3.8, 4) is 5.75 Å². The summed E-state index contributed by atoms with van der Waals surface area (Å²) < 4.78 is 18.7. The second-order valence-electron chi connectivity index (χ2n) is 4.45. The average molecular weight is 244 g/mol. The second-order valence-corrected chi connectivity index (χ2v) is 4.45. The van der Waals surface area contributed by atoms with Crippen molar-refractivity contribution < 1.29 is 14.2 Å². The minimum atomic E-state index is -0.537. The van der Waals surface area contributed by atoms with Crippen molar-refractivity contribution in [1.82, 2.24) is 0 Å². The third kappa shape index (κ3) is 1.97. The Hall–Kier alpha value is -1.87. The summed E-state index contributed by atoms with van der Waals surface area (Å²) in [4.78, 5) is 0. The number of aliphatic hydroxyl groups excluding tert-OH is 1. The lowest BCUT2D eigenvalue weighted by molar-refractivity contribution is 0.0657. The van der Waals surface area contributed by atoms with E-state index in [1.165, 1.54) is 12.1 Å². The summed E-state index contributed by atoms with van der Waals surface area (Å²) >= 11 is 0. The van der Waals surface area contributed by atoms with Crippen molar-refractivity contribution in [3.05, 3.63) is 65.5 Å². The van der Waals surface area contributed by atoms with Gasteiger partial charge in [0, 0.05) is 12.0 Å². The van der Waals surface area contributed by atoms with Crippen molar-refractivity contribution in [2.75, 3.05) is 0 Å². The predicted molar refractivity (Wildman–Crippen MR) is 65.8 cm³/mol. The molecule has 1 N–H and O–H groups in total. The van der Waals surface area contributed by atoms with Crippen molar-refractivity contribution in [2.45, 2.75) is 18.6 Å². The maximum absolute atomic E-state index is 12.9. The van der Waals surface area contributed by atoms with Crippen molar-refractivity contribution in [3.63, 3.8) is 0 Å². The molecule has 0 aliphatic carbocycles. The maximum Gasteiger partial charge on any atom is 0.127 e. The summed E-state index contributed by atoms with van der Waals surface area (Å²) in [6.07, 6.45) is -0.275. The molecule has 0 aromatic heterocycles. The smallest absolute Gasteiger partial charge is 0.127 e. The monoisotopic (exact) mass is 244 g/mol. The van der Waals surface area contributed by atoms with Gasteiger partial charge >= 0.3 is 0 Å². The number of para-hydroxylation sites is 1. The van der Waals surface area contributed by atoms with Crippen LogP contribution in [0, 0.1) is 5.82 Å². The number of aliphatic hydroxyl groups is 1. The van der Waals surface area contributed by atoms with Crippen LogP contribution in [0.5, 0.6) is 5.75 Å². The highest BCUT2D eigenvalue weighted by Crippen LogP contribution is 2.40. The SMILES string of the molecule is O[C@H]1CC(c2ccc(F)cc2)Oc2ccccc21. The third-order valence-corrected chi connectivity index (χ3v) is 3.23. The Morgan fingerprint density at radius 1 is 1.06 bits per heavy atom.